The third-order valence-corrected chi connectivity index (χ3v) is 8.46. The molecule has 0 aromatic heterocycles. The van der Waals surface area contributed by atoms with Crippen molar-refractivity contribution in [3.8, 4) is 0 Å². The molecular formula is C22H26N2O4S2. The quantitative estimate of drug-likeness (QED) is 0.706. The van der Waals surface area contributed by atoms with Crippen LogP contribution in [0.1, 0.15) is 18.4 Å². The number of thioether (sulfide) groups is 1. The largest absolute Gasteiger partial charge is 0.379 e. The smallest absolute Gasteiger partial charge is 0.243 e. The first-order chi connectivity index (χ1) is 14.6. The number of hydrogen-bond acceptors (Lipinski definition) is 5. The van der Waals surface area contributed by atoms with Crippen molar-refractivity contribution in [1.29, 1.82) is 0 Å². The van der Waals surface area contributed by atoms with E-state index in [1.807, 2.05) is 35.2 Å². The second kappa shape index (κ2) is 9.51. The lowest BCUT2D eigenvalue weighted by atomic mass is 10.1. The molecule has 0 bridgehead atoms. The molecule has 0 aliphatic carbocycles. The molecule has 0 spiro atoms. The molecule has 0 N–H and O–H groups in total. The predicted molar refractivity (Wildman–Crippen MR) is 118 cm³/mol. The van der Waals surface area contributed by atoms with Crippen LogP contribution in [0.25, 0.3) is 0 Å². The maximum atomic E-state index is 12.9. The van der Waals surface area contributed by atoms with Crippen molar-refractivity contribution in [2.24, 2.45) is 0 Å². The molecule has 8 heteroatoms. The van der Waals surface area contributed by atoms with E-state index in [1.165, 1.54) is 4.31 Å². The Morgan fingerprint density at radius 1 is 1.00 bits per heavy atom. The van der Waals surface area contributed by atoms with Crippen LogP contribution in [0, 0.1) is 0 Å². The van der Waals surface area contributed by atoms with Crippen LogP contribution >= 0.6 is 11.8 Å². The van der Waals surface area contributed by atoms with Crippen LogP contribution in [0.2, 0.25) is 0 Å². The molecular weight excluding hydrogens is 420 g/mol. The molecule has 0 atom stereocenters. The number of sulfonamides is 1. The van der Waals surface area contributed by atoms with Gasteiger partial charge in [0.15, 0.2) is 0 Å². The van der Waals surface area contributed by atoms with Gasteiger partial charge in [-0.25, -0.2) is 8.42 Å². The fraction of sp³-hybridized carbons (Fsp3) is 0.409. The molecule has 30 heavy (non-hydrogen) atoms. The zero-order chi connectivity index (χ0) is 21.0. The lowest BCUT2D eigenvalue weighted by Gasteiger charge is -2.26. The Balaban J connectivity index is 1.40. The van der Waals surface area contributed by atoms with Gasteiger partial charge < -0.3 is 9.64 Å². The summed E-state index contributed by atoms with van der Waals surface area (Å²) in [4.78, 5) is 16.3. The van der Waals surface area contributed by atoms with E-state index in [-0.39, 0.29) is 10.8 Å². The lowest BCUT2D eigenvalue weighted by molar-refractivity contribution is -0.118. The Hall–Kier alpha value is -1.87. The van der Waals surface area contributed by atoms with Crippen molar-refractivity contribution in [1.82, 2.24) is 4.31 Å². The monoisotopic (exact) mass is 446 g/mol. The molecule has 0 unspecified atom stereocenters. The molecule has 2 aliphatic rings. The summed E-state index contributed by atoms with van der Waals surface area (Å²) in [6.07, 6.45) is 1.95. The zero-order valence-electron chi connectivity index (χ0n) is 16.8. The van der Waals surface area contributed by atoms with Gasteiger partial charge in [0.05, 0.1) is 23.8 Å². The summed E-state index contributed by atoms with van der Waals surface area (Å²) in [6, 6.07) is 15.0. The van der Waals surface area contributed by atoms with Crippen molar-refractivity contribution >= 4 is 33.4 Å². The number of carbonyl (C=O) groups excluding carboxylic acids is 1. The highest BCUT2D eigenvalue weighted by Crippen LogP contribution is 2.34. The Morgan fingerprint density at radius 2 is 1.73 bits per heavy atom. The molecule has 2 aromatic rings. The Labute approximate surface area is 182 Å². The number of fused-ring (bicyclic) bond motifs is 1. The highest BCUT2D eigenvalue weighted by molar-refractivity contribution is 7.99. The van der Waals surface area contributed by atoms with E-state index in [4.69, 9.17) is 4.74 Å². The third-order valence-electron chi connectivity index (χ3n) is 5.40. The summed E-state index contributed by atoms with van der Waals surface area (Å²) in [5.41, 5.74) is 1.96. The first kappa shape index (κ1) is 21.4. The van der Waals surface area contributed by atoms with E-state index >= 15 is 0 Å². The van der Waals surface area contributed by atoms with Gasteiger partial charge in [0.2, 0.25) is 15.9 Å². The van der Waals surface area contributed by atoms with Crippen molar-refractivity contribution in [2.75, 3.05) is 43.5 Å². The van der Waals surface area contributed by atoms with Gasteiger partial charge in [0.1, 0.15) is 0 Å². The van der Waals surface area contributed by atoms with E-state index in [9.17, 15) is 13.2 Å². The number of hydrogen-bond donors (Lipinski definition) is 0. The van der Waals surface area contributed by atoms with Gasteiger partial charge in [-0.1, -0.05) is 24.3 Å². The Morgan fingerprint density at radius 3 is 2.50 bits per heavy atom. The van der Waals surface area contributed by atoms with Gasteiger partial charge in [-0.15, -0.1) is 11.8 Å². The Bertz CT molecular complexity index is 986. The van der Waals surface area contributed by atoms with Crippen LogP contribution in [0.3, 0.4) is 0 Å². The number of rotatable bonds is 5. The first-order valence-electron chi connectivity index (χ1n) is 10.2. The minimum Gasteiger partial charge on any atom is -0.379 e. The normalized spacial score (nSPS) is 17.9. The van der Waals surface area contributed by atoms with Crippen LogP contribution in [0.15, 0.2) is 58.3 Å². The average Bonchev–Trinajstić information content (AvgIpc) is 3.01. The molecule has 6 nitrogen and oxygen atoms in total. The van der Waals surface area contributed by atoms with Gasteiger partial charge >= 0.3 is 0 Å². The minimum absolute atomic E-state index is 0.106. The second-order valence-corrected chi connectivity index (χ2v) is 10.5. The van der Waals surface area contributed by atoms with Gasteiger partial charge in [0.25, 0.3) is 0 Å². The average molecular weight is 447 g/mol. The van der Waals surface area contributed by atoms with Gasteiger partial charge in [-0.2, -0.15) is 4.31 Å². The second-order valence-electron chi connectivity index (χ2n) is 7.38. The SMILES string of the molecule is O=C(CCc1ccc(S(=O)(=O)N2CCOCC2)cc1)N1CCCSc2ccccc21. The maximum absolute atomic E-state index is 12.9. The fourth-order valence-electron chi connectivity index (χ4n) is 3.74. The highest BCUT2D eigenvalue weighted by Gasteiger charge is 2.26. The molecule has 2 aliphatic heterocycles. The summed E-state index contributed by atoms with van der Waals surface area (Å²) < 4.78 is 32.2. The highest BCUT2D eigenvalue weighted by atomic mass is 32.2. The summed E-state index contributed by atoms with van der Waals surface area (Å²) in [5, 5.41) is 0. The lowest BCUT2D eigenvalue weighted by Crippen LogP contribution is -2.40. The number of morpholine rings is 1. The molecule has 0 saturated carbocycles. The number of anilines is 1. The predicted octanol–water partition coefficient (Wildman–Crippen LogP) is 3.17. The van der Waals surface area contributed by atoms with E-state index in [1.54, 1.807) is 23.9 Å². The summed E-state index contributed by atoms with van der Waals surface area (Å²) in [7, 11) is -3.49. The molecule has 2 heterocycles. The van der Waals surface area contributed by atoms with Gasteiger partial charge in [-0.05, 0) is 48.4 Å². The first-order valence-corrected chi connectivity index (χ1v) is 12.7. The molecule has 2 aromatic carbocycles. The number of carbonyl (C=O) groups is 1. The standard InChI is InChI=1S/C22H26N2O4S2/c25-22(24-12-3-17-29-21-5-2-1-4-20(21)24)11-8-18-6-9-19(10-7-18)30(26,27)23-13-15-28-16-14-23/h1-2,4-7,9-10H,3,8,11-17H2. The number of ether oxygens (including phenoxy) is 1. The summed E-state index contributed by atoms with van der Waals surface area (Å²) in [5.74, 6) is 1.12. The van der Waals surface area contributed by atoms with Crippen LogP contribution in [-0.2, 0) is 26.0 Å². The molecule has 1 fully saturated rings. The fourth-order valence-corrected chi connectivity index (χ4v) is 6.14. The Kier molecular flexibility index (Phi) is 6.77. The van der Waals surface area contributed by atoms with Crippen molar-refractivity contribution in [3.63, 3.8) is 0 Å². The molecule has 0 radical (unpaired) electrons. The van der Waals surface area contributed by atoms with Gasteiger partial charge in [0, 0.05) is 31.0 Å². The van der Waals surface area contributed by atoms with E-state index < -0.39 is 10.0 Å². The van der Waals surface area contributed by atoms with Gasteiger partial charge in [-0.3, -0.25) is 4.79 Å². The van der Waals surface area contributed by atoms with Crippen LogP contribution in [-0.4, -0.2) is 57.2 Å². The number of nitrogens with zero attached hydrogens (tertiary/aromatic N) is 2. The molecule has 1 saturated heterocycles. The van der Waals surface area contributed by atoms with E-state index in [0.717, 1.165) is 34.9 Å². The van der Waals surface area contributed by atoms with Crippen LogP contribution < -0.4 is 4.90 Å². The van der Waals surface area contributed by atoms with E-state index in [0.29, 0.717) is 39.1 Å². The van der Waals surface area contributed by atoms with Crippen LogP contribution in [0.5, 0.6) is 0 Å². The van der Waals surface area contributed by atoms with E-state index in [2.05, 4.69) is 6.07 Å². The summed E-state index contributed by atoms with van der Waals surface area (Å²) in [6.45, 7) is 2.36. The third kappa shape index (κ3) is 4.72. The topological polar surface area (TPSA) is 66.9 Å². The molecule has 1 amide bonds. The summed E-state index contributed by atoms with van der Waals surface area (Å²) >= 11 is 1.80. The van der Waals surface area contributed by atoms with Crippen LogP contribution in [0.4, 0.5) is 5.69 Å². The zero-order valence-corrected chi connectivity index (χ0v) is 18.5. The number of para-hydroxylation sites is 1. The number of aryl methyl sites for hydroxylation is 1. The van der Waals surface area contributed by atoms with Crippen molar-refractivity contribution in [2.45, 2.75) is 29.1 Å². The minimum atomic E-state index is -3.49. The number of amides is 1. The maximum Gasteiger partial charge on any atom is 0.243 e. The number of benzene rings is 2. The van der Waals surface area contributed by atoms with Crippen molar-refractivity contribution < 1.29 is 17.9 Å². The molecule has 160 valence electrons. The van der Waals surface area contributed by atoms with Crippen molar-refractivity contribution in [3.05, 3.63) is 54.1 Å². The molecule has 4 rings (SSSR count).